The molecule has 3 nitrogen and oxygen atoms in total. The van der Waals surface area contributed by atoms with E-state index in [0.29, 0.717) is 11.6 Å². The number of nitrogens with zero attached hydrogens (tertiary/aromatic N) is 2. The summed E-state index contributed by atoms with van der Waals surface area (Å²) in [6.07, 6.45) is 2.41. The van der Waals surface area contributed by atoms with Crippen molar-refractivity contribution in [3.05, 3.63) is 35.1 Å². The van der Waals surface area contributed by atoms with Crippen molar-refractivity contribution < 1.29 is 9.18 Å². The molecule has 1 aromatic carbocycles. The van der Waals surface area contributed by atoms with E-state index in [1.54, 1.807) is 13.0 Å². The predicted octanol–water partition coefficient (Wildman–Crippen LogP) is 2.44. The first kappa shape index (κ1) is 13.6. The number of hydrogen-bond acceptors (Lipinski definition) is 2. The fourth-order valence-electron chi connectivity index (χ4n) is 3.49. The summed E-state index contributed by atoms with van der Waals surface area (Å²) in [5.74, 6) is -0.241. The molecular formula is C16H21FN2O. The van der Waals surface area contributed by atoms with Crippen molar-refractivity contribution >= 4 is 5.91 Å². The summed E-state index contributed by atoms with van der Waals surface area (Å²) in [6, 6.07) is 5.15. The van der Waals surface area contributed by atoms with Gasteiger partial charge in [0, 0.05) is 30.7 Å². The van der Waals surface area contributed by atoms with Crippen LogP contribution in [0.2, 0.25) is 0 Å². The quantitative estimate of drug-likeness (QED) is 0.786. The average Bonchev–Trinajstić information content (AvgIpc) is 2.84. The molecule has 2 aliphatic heterocycles. The normalized spacial score (nSPS) is 26.6. The van der Waals surface area contributed by atoms with Gasteiger partial charge in [-0.1, -0.05) is 0 Å². The van der Waals surface area contributed by atoms with Crippen LogP contribution in [-0.4, -0.2) is 47.4 Å². The largest absolute Gasteiger partial charge is 0.333 e. The number of carbonyl (C=O) groups excluding carboxylic acids is 1. The molecule has 108 valence electrons. The van der Waals surface area contributed by atoms with Gasteiger partial charge in [0.2, 0.25) is 0 Å². The minimum atomic E-state index is -0.285. The van der Waals surface area contributed by atoms with Gasteiger partial charge in [0.05, 0.1) is 0 Å². The van der Waals surface area contributed by atoms with Crippen LogP contribution in [-0.2, 0) is 0 Å². The van der Waals surface area contributed by atoms with Gasteiger partial charge in [0.15, 0.2) is 0 Å². The Morgan fingerprint density at radius 2 is 2.15 bits per heavy atom. The molecule has 0 spiro atoms. The van der Waals surface area contributed by atoms with E-state index in [-0.39, 0.29) is 17.8 Å². The third kappa shape index (κ3) is 2.33. The Morgan fingerprint density at radius 3 is 2.90 bits per heavy atom. The molecule has 4 heteroatoms. The lowest BCUT2D eigenvalue weighted by Gasteiger charge is -2.42. The zero-order valence-corrected chi connectivity index (χ0v) is 12.1. The van der Waals surface area contributed by atoms with Crippen molar-refractivity contribution in [3.63, 3.8) is 0 Å². The molecule has 0 radical (unpaired) electrons. The van der Waals surface area contributed by atoms with Crippen molar-refractivity contribution in [3.8, 4) is 0 Å². The van der Waals surface area contributed by atoms with Crippen molar-refractivity contribution in [1.29, 1.82) is 0 Å². The van der Waals surface area contributed by atoms with Crippen LogP contribution < -0.4 is 0 Å². The molecule has 0 aliphatic carbocycles. The number of aryl methyl sites for hydroxylation is 1. The lowest BCUT2D eigenvalue weighted by atomic mass is 10.0. The number of rotatable bonds is 1. The fraction of sp³-hybridized carbons (Fsp3) is 0.562. The van der Waals surface area contributed by atoms with E-state index >= 15 is 0 Å². The van der Waals surface area contributed by atoms with Crippen molar-refractivity contribution in [2.75, 3.05) is 19.6 Å². The monoisotopic (exact) mass is 276 g/mol. The molecule has 3 rings (SSSR count). The summed E-state index contributed by atoms with van der Waals surface area (Å²) >= 11 is 0. The Labute approximate surface area is 119 Å². The summed E-state index contributed by atoms with van der Waals surface area (Å²) in [7, 11) is 0. The first-order valence-electron chi connectivity index (χ1n) is 7.37. The Morgan fingerprint density at radius 1 is 1.35 bits per heavy atom. The van der Waals surface area contributed by atoms with Gasteiger partial charge in [-0.25, -0.2) is 4.39 Å². The molecule has 1 aromatic rings. The molecule has 2 heterocycles. The number of piperazine rings is 1. The smallest absolute Gasteiger partial charge is 0.254 e. The van der Waals surface area contributed by atoms with Crippen LogP contribution in [0.25, 0.3) is 0 Å². The molecule has 2 saturated heterocycles. The van der Waals surface area contributed by atoms with E-state index in [1.165, 1.54) is 25.0 Å². The third-order valence-corrected chi connectivity index (χ3v) is 4.62. The van der Waals surface area contributed by atoms with Gasteiger partial charge in [-0.05, 0) is 57.0 Å². The lowest BCUT2D eigenvalue weighted by molar-refractivity contribution is 0.0395. The molecule has 2 atom stereocenters. The summed E-state index contributed by atoms with van der Waals surface area (Å²) in [6.45, 7) is 6.82. The van der Waals surface area contributed by atoms with Crippen LogP contribution in [0.3, 0.4) is 0 Å². The number of amides is 1. The number of benzene rings is 1. The highest BCUT2D eigenvalue weighted by atomic mass is 19.1. The summed E-state index contributed by atoms with van der Waals surface area (Å²) in [5, 5.41) is 0. The van der Waals surface area contributed by atoms with Crippen molar-refractivity contribution in [2.24, 2.45) is 0 Å². The molecule has 1 amide bonds. The average molecular weight is 276 g/mol. The zero-order chi connectivity index (χ0) is 14.3. The van der Waals surface area contributed by atoms with E-state index in [4.69, 9.17) is 0 Å². The van der Waals surface area contributed by atoms with Gasteiger partial charge in [0.25, 0.3) is 5.91 Å². The summed E-state index contributed by atoms with van der Waals surface area (Å²) in [4.78, 5) is 17.2. The van der Waals surface area contributed by atoms with Crippen molar-refractivity contribution in [2.45, 2.75) is 38.8 Å². The minimum Gasteiger partial charge on any atom is -0.333 e. The molecule has 0 N–H and O–H groups in total. The molecule has 2 fully saturated rings. The number of carbonyl (C=O) groups is 1. The second-order valence-electron chi connectivity index (χ2n) is 6.06. The number of hydrogen-bond donors (Lipinski definition) is 0. The SMILES string of the molecule is Cc1cc(F)ccc1C(=O)N1CC2CCCN2CC1C. The summed E-state index contributed by atoms with van der Waals surface area (Å²) in [5.41, 5.74) is 1.35. The zero-order valence-electron chi connectivity index (χ0n) is 12.1. The maximum atomic E-state index is 13.2. The molecule has 0 aromatic heterocycles. The van der Waals surface area contributed by atoms with Crippen LogP contribution in [0, 0.1) is 12.7 Å². The lowest BCUT2D eigenvalue weighted by Crippen LogP contribution is -2.56. The Bertz CT molecular complexity index is 531. The molecule has 0 bridgehead atoms. The van der Waals surface area contributed by atoms with E-state index in [1.807, 2.05) is 4.90 Å². The number of halogens is 1. The Kier molecular flexibility index (Phi) is 3.50. The molecule has 0 saturated carbocycles. The molecular weight excluding hydrogens is 255 g/mol. The van der Waals surface area contributed by atoms with Crippen molar-refractivity contribution in [1.82, 2.24) is 9.80 Å². The second kappa shape index (κ2) is 5.17. The van der Waals surface area contributed by atoms with Crippen LogP contribution >= 0.6 is 0 Å². The molecule has 2 unspecified atom stereocenters. The highest BCUT2D eigenvalue weighted by molar-refractivity contribution is 5.96. The fourth-order valence-corrected chi connectivity index (χ4v) is 3.49. The van der Waals surface area contributed by atoms with Crippen LogP contribution in [0.5, 0.6) is 0 Å². The van der Waals surface area contributed by atoms with Crippen LogP contribution in [0.4, 0.5) is 4.39 Å². The van der Waals surface area contributed by atoms with E-state index in [9.17, 15) is 9.18 Å². The van der Waals surface area contributed by atoms with E-state index in [0.717, 1.165) is 25.2 Å². The van der Waals surface area contributed by atoms with Crippen LogP contribution in [0.15, 0.2) is 18.2 Å². The van der Waals surface area contributed by atoms with E-state index in [2.05, 4.69) is 11.8 Å². The standard InChI is InChI=1S/C16H21FN2O/c1-11-8-13(17)5-6-15(11)16(20)19-10-14-4-3-7-18(14)9-12(19)2/h5-6,8,12,14H,3-4,7,9-10H2,1-2H3. The first-order chi connectivity index (χ1) is 9.56. The maximum absolute atomic E-state index is 13.2. The third-order valence-electron chi connectivity index (χ3n) is 4.62. The van der Waals surface area contributed by atoms with Gasteiger partial charge < -0.3 is 4.90 Å². The second-order valence-corrected chi connectivity index (χ2v) is 6.06. The van der Waals surface area contributed by atoms with E-state index < -0.39 is 0 Å². The van der Waals surface area contributed by atoms with Gasteiger partial charge in [-0.2, -0.15) is 0 Å². The first-order valence-corrected chi connectivity index (χ1v) is 7.37. The van der Waals surface area contributed by atoms with Gasteiger partial charge in [-0.15, -0.1) is 0 Å². The molecule has 20 heavy (non-hydrogen) atoms. The topological polar surface area (TPSA) is 23.6 Å². The van der Waals surface area contributed by atoms with Gasteiger partial charge >= 0.3 is 0 Å². The highest BCUT2D eigenvalue weighted by Gasteiger charge is 2.36. The minimum absolute atomic E-state index is 0.0431. The maximum Gasteiger partial charge on any atom is 0.254 e. The predicted molar refractivity (Wildman–Crippen MR) is 76.2 cm³/mol. The Hall–Kier alpha value is -1.42. The number of fused-ring (bicyclic) bond motifs is 1. The Balaban J connectivity index is 1.82. The van der Waals surface area contributed by atoms with Gasteiger partial charge in [0.1, 0.15) is 5.82 Å². The van der Waals surface area contributed by atoms with Gasteiger partial charge in [-0.3, -0.25) is 9.69 Å². The van der Waals surface area contributed by atoms with Crippen LogP contribution in [0.1, 0.15) is 35.7 Å². The highest BCUT2D eigenvalue weighted by Crippen LogP contribution is 2.26. The summed E-state index contributed by atoms with van der Waals surface area (Å²) < 4.78 is 13.2. The molecule has 2 aliphatic rings.